The standard InChI is InChI=1S/C24H34N4O3/c1-4-26-15-12-24(21(26)30)18-28(22(31)25(2)3)17-23(24)10-13-27(14-11-23)20(29)16-19-8-6-5-7-9-19/h5-9H,4,10-18H2,1-3H3/t24-/m1/s1. The molecule has 0 N–H and O–H groups in total. The Morgan fingerprint density at radius 1 is 0.968 bits per heavy atom. The summed E-state index contributed by atoms with van der Waals surface area (Å²) in [5.74, 6) is 0.343. The van der Waals surface area contributed by atoms with E-state index in [4.69, 9.17) is 0 Å². The molecule has 0 radical (unpaired) electrons. The van der Waals surface area contributed by atoms with Gasteiger partial charge in [0.05, 0.1) is 11.8 Å². The Morgan fingerprint density at radius 2 is 1.65 bits per heavy atom. The van der Waals surface area contributed by atoms with Crippen LogP contribution in [-0.2, 0) is 16.0 Å². The van der Waals surface area contributed by atoms with Crippen molar-refractivity contribution in [2.24, 2.45) is 10.8 Å². The van der Waals surface area contributed by atoms with Crippen LogP contribution in [0.1, 0.15) is 31.7 Å². The lowest BCUT2D eigenvalue weighted by molar-refractivity contribution is -0.143. The molecule has 3 aliphatic heterocycles. The first-order valence-electron chi connectivity index (χ1n) is 11.4. The van der Waals surface area contributed by atoms with E-state index >= 15 is 0 Å². The zero-order valence-corrected chi connectivity index (χ0v) is 19.0. The third kappa shape index (κ3) is 3.58. The van der Waals surface area contributed by atoms with Gasteiger partial charge in [-0.05, 0) is 31.7 Å². The van der Waals surface area contributed by atoms with Gasteiger partial charge < -0.3 is 19.6 Å². The maximum absolute atomic E-state index is 13.5. The first-order valence-corrected chi connectivity index (χ1v) is 11.4. The quantitative estimate of drug-likeness (QED) is 0.743. The minimum absolute atomic E-state index is 0.0263. The fourth-order valence-electron chi connectivity index (χ4n) is 5.96. The van der Waals surface area contributed by atoms with Crippen LogP contribution in [-0.4, -0.2) is 90.8 Å². The van der Waals surface area contributed by atoms with Crippen LogP contribution >= 0.6 is 0 Å². The molecule has 0 aromatic heterocycles. The van der Waals surface area contributed by atoms with Crippen molar-refractivity contribution in [2.75, 3.05) is 53.4 Å². The van der Waals surface area contributed by atoms with Crippen molar-refractivity contribution in [3.8, 4) is 0 Å². The number of likely N-dealkylation sites (tertiary alicyclic amines) is 3. The molecule has 1 aromatic rings. The summed E-state index contributed by atoms with van der Waals surface area (Å²) in [7, 11) is 3.53. The summed E-state index contributed by atoms with van der Waals surface area (Å²) < 4.78 is 0. The van der Waals surface area contributed by atoms with Crippen LogP contribution in [0.15, 0.2) is 30.3 Å². The Morgan fingerprint density at radius 3 is 2.23 bits per heavy atom. The number of urea groups is 1. The molecule has 0 aliphatic carbocycles. The maximum Gasteiger partial charge on any atom is 0.319 e. The van der Waals surface area contributed by atoms with Gasteiger partial charge in [0, 0.05) is 58.8 Å². The van der Waals surface area contributed by atoms with Crippen molar-refractivity contribution in [3.05, 3.63) is 35.9 Å². The van der Waals surface area contributed by atoms with Crippen molar-refractivity contribution in [1.82, 2.24) is 19.6 Å². The molecule has 0 bridgehead atoms. The monoisotopic (exact) mass is 426 g/mol. The third-order valence-electron chi connectivity index (χ3n) is 7.78. The van der Waals surface area contributed by atoms with Crippen molar-refractivity contribution in [1.29, 1.82) is 0 Å². The summed E-state index contributed by atoms with van der Waals surface area (Å²) in [6.45, 7) is 5.89. The molecule has 7 nitrogen and oxygen atoms in total. The highest BCUT2D eigenvalue weighted by Gasteiger charge is 2.65. The van der Waals surface area contributed by atoms with Gasteiger partial charge in [-0.2, -0.15) is 0 Å². The van der Waals surface area contributed by atoms with Crippen molar-refractivity contribution in [2.45, 2.75) is 32.6 Å². The second-order valence-electron chi connectivity index (χ2n) is 9.57. The molecule has 31 heavy (non-hydrogen) atoms. The van der Waals surface area contributed by atoms with Crippen molar-refractivity contribution < 1.29 is 14.4 Å². The number of carbonyl (C=O) groups is 3. The van der Waals surface area contributed by atoms with Gasteiger partial charge in [0.15, 0.2) is 0 Å². The van der Waals surface area contributed by atoms with E-state index in [0.29, 0.717) is 39.1 Å². The summed E-state index contributed by atoms with van der Waals surface area (Å²) in [5.41, 5.74) is 0.268. The molecule has 2 spiro atoms. The number of hydrogen-bond donors (Lipinski definition) is 0. The molecule has 4 rings (SSSR count). The maximum atomic E-state index is 13.5. The molecule has 3 fully saturated rings. The highest BCUT2D eigenvalue weighted by molar-refractivity contribution is 5.88. The van der Waals surface area contributed by atoms with Gasteiger partial charge in [0.1, 0.15) is 0 Å². The summed E-state index contributed by atoms with van der Waals surface area (Å²) in [5, 5.41) is 0. The van der Waals surface area contributed by atoms with Crippen LogP contribution in [0.3, 0.4) is 0 Å². The average molecular weight is 427 g/mol. The van der Waals surface area contributed by atoms with Crippen molar-refractivity contribution in [3.63, 3.8) is 0 Å². The Kier molecular flexibility index (Phi) is 5.71. The number of carbonyl (C=O) groups excluding carboxylic acids is 3. The predicted octanol–water partition coefficient (Wildman–Crippen LogP) is 2.07. The van der Waals surface area contributed by atoms with Gasteiger partial charge in [0.25, 0.3) is 0 Å². The van der Waals surface area contributed by atoms with E-state index in [1.807, 2.05) is 52.0 Å². The SMILES string of the molecule is CCN1CC[C@@]2(CN(C(=O)N(C)C)CC23CCN(C(=O)Cc2ccccc2)CC3)C1=O. The Balaban J connectivity index is 1.53. The first-order chi connectivity index (χ1) is 14.8. The lowest BCUT2D eigenvalue weighted by atomic mass is 9.60. The fraction of sp³-hybridized carbons (Fsp3) is 0.625. The van der Waals surface area contributed by atoms with E-state index in [1.54, 1.807) is 19.0 Å². The van der Waals surface area contributed by atoms with Crippen LogP contribution in [0.5, 0.6) is 0 Å². The molecule has 0 saturated carbocycles. The second-order valence-corrected chi connectivity index (χ2v) is 9.57. The molecule has 0 unspecified atom stereocenters. The molecule has 3 aliphatic rings. The number of nitrogens with zero attached hydrogens (tertiary/aromatic N) is 4. The van der Waals surface area contributed by atoms with Crippen LogP contribution in [0, 0.1) is 10.8 Å². The van der Waals surface area contributed by atoms with Gasteiger partial charge >= 0.3 is 6.03 Å². The van der Waals surface area contributed by atoms with Crippen molar-refractivity contribution >= 4 is 17.8 Å². The summed E-state index contributed by atoms with van der Waals surface area (Å²) in [4.78, 5) is 46.6. The number of hydrogen-bond acceptors (Lipinski definition) is 3. The molecule has 168 valence electrons. The van der Waals surface area contributed by atoms with E-state index in [9.17, 15) is 14.4 Å². The number of rotatable bonds is 3. The molecule has 7 heteroatoms. The number of amides is 4. The molecule has 4 amide bonds. The Bertz CT molecular complexity index is 848. The van der Waals surface area contributed by atoms with E-state index in [0.717, 1.165) is 31.4 Å². The predicted molar refractivity (Wildman–Crippen MR) is 118 cm³/mol. The van der Waals surface area contributed by atoms with Gasteiger partial charge in [-0.25, -0.2) is 4.79 Å². The fourth-order valence-corrected chi connectivity index (χ4v) is 5.96. The lowest BCUT2D eigenvalue weighted by Gasteiger charge is -2.46. The van der Waals surface area contributed by atoms with Crippen LogP contribution in [0.4, 0.5) is 4.79 Å². The summed E-state index contributed by atoms with van der Waals surface area (Å²) in [6.07, 6.45) is 2.75. The number of benzene rings is 1. The molecule has 1 atom stereocenters. The first kappa shape index (κ1) is 21.7. The third-order valence-corrected chi connectivity index (χ3v) is 7.78. The topological polar surface area (TPSA) is 64.2 Å². The minimum Gasteiger partial charge on any atom is -0.342 e. The molecule has 3 saturated heterocycles. The van der Waals surface area contributed by atoms with Crippen LogP contribution in [0.2, 0.25) is 0 Å². The smallest absolute Gasteiger partial charge is 0.319 e. The molecule has 3 heterocycles. The van der Waals surface area contributed by atoms with Crippen LogP contribution < -0.4 is 0 Å². The van der Waals surface area contributed by atoms with Gasteiger partial charge in [-0.3, -0.25) is 9.59 Å². The minimum atomic E-state index is -0.511. The highest BCUT2D eigenvalue weighted by Crippen LogP contribution is 2.58. The molecular formula is C24H34N4O3. The van der Waals surface area contributed by atoms with E-state index in [-0.39, 0.29) is 23.3 Å². The Hall–Kier alpha value is -2.57. The number of piperidine rings is 1. The van der Waals surface area contributed by atoms with Gasteiger partial charge in [-0.1, -0.05) is 30.3 Å². The molecule has 1 aromatic carbocycles. The van der Waals surface area contributed by atoms with Crippen LogP contribution in [0.25, 0.3) is 0 Å². The van der Waals surface area contributed by atoms with E-state index in [2.05, 4.69) is 0 Å². The summed E-state index contributed by atoms with van der Waals surface area (Å²) >= 11 is 0. The number of fused-ring (bicyclic) bond motifs is 1. The van der Waals surface area contributed by atoms with Gasteiger partial charge in [-0.15, -0.1) is 0 Å². The highest BCUT2D eigenvalue weighted by atomic mass is 16.2. The zero-order chi connectivity index (χ0) is 22.2. The van der Waals surface area contributed by atoms with Gasteiger partial charge in [0.2, 0.25) is 11.8 Å². The largest absolute Gasteiger partial charge is 0.342 e. The normalized spacial score (nSPS) is 25.0. The molecular weight excluding hydrogens is 392 g/mol. The average Bonchev–Trinajstić information content (AvgIpc) is 3.26. The summed E-state index contributed by atoms with van der Waals surface area (Å²) in [6, 6.07) is 9.81. The lowest BCUT2D eigenvalue weighted by Crippen LogP contribution is -2.53. The second kappa shape index (κ2) is 8.17. The Labute approximate surface area is 185 Å². The zero-order valence-electron chi connectivity index (χ0n) is 19.0. The van der Waals surface area contributed by atoms with E-state index in [1.165, 1.54) is 0 Å². The van der Waals surface area contributed by atoms with E-state index < -0.39 is 5.41 Å².